The van der Waals surface area contributed by atoms with Crippen LogP contribution >= 0.6 is 0 Å². The average Bonchev–Trinajstić information content (AvgIpc) is 2.82. The Kier molecular flexibility index (Phi) is 8.33. The number of nitrogens with zero attached hydrogens (tertiary/aromatic N) is 2. The molecule has 0 radical (unpaired) electrons. The van der Waals surface area contributed by atoms with Gasteiger partial charge in [-0.2, -0.15) is 17.5 Å². The molecule has 8 nitrogen and oxygen atoms in total. The molecule has 1 aliphatic rings. The van der Waals surface area contributed by atoms with E-state index in [1.807, 2.05) is 6.92 Å². The van der Waals surface area contributed by atoms with Gasteiger partial charge >= 0.3 is 12.1 Å². The maximum atomic E-state index is 13.6. The predicted molar refractivity (Wildman–Crippen MR) is 129 cm³/mol. The van der Waals surface area contributed by atoms with Crippen molar-refractivity contribution in [1.82, 2.24) is 14.6 Å². The third-order valence-corrected chi connectivity index (χ3v) is 8.44. The number of carbonyl (C=O) groups excluding carboxylic acids is 1. The van der Waals surface area contributed by atoms with Crippen LogP contribution < -0.4 is 5.32 Å². The normalized spacial score (nSPS) is 19.0. The third-order valence-electron chi connectivity index (χ3n) is 6.58. The molecule has 1 fully saturated rings. The van der Waals surface area contributed by atoms with E-state index in [4.69, 9.17) is 0 Å². The van der Waals surface area contributed by atoms with Gasteiger partial charge in [0.2, 0.25) is 10.0 Å². The molecule has 2 atom stereocenters. The zero-order valence-electron chi connectivity index (χ0n) is 20.7. The van der Waals surface area contributed by atoms with E-state index in [0.29, 0.717) is 18.1 Å². The van der Waals surface area contributed by atoms with E-state index in [9.17, 15) is 36.3 Å². The lowest BCUT2D eigenvalue weighted by molar-refractivity contribution is -0.143. The summed E-state index contributed by atoms with van der Waals surface area (Å²) in [6, 6.07) is 7.30. The number of amides is 1. The fraction of sp³-hybridized carbons (Fsp3) is 0.480. The molecule has 37 heavy (non-hydrogen) atoms. The van der Waals surface area contributed by atoms with Crippen LogP contribution in [0.25, 0.3) is 0 Å². The molecule has 2 unspecified atom stereocenters. The van der Waals surface area contributed by atoms with Crippen molar-refractivity contribution in [3.05, 3.63) is 59.4 Å². The van der Waals surface area contributed by atoms with Gasteiger partial charge in [0.25, 0.3) is 5.91 Å². The molecule has 1 aromatic carbocycles. The molecule has 1 heterocycles. The number of halogens is 3. The first-order chi connectivity index (χ1) is 17.1. The lowest BCUT2D eigenvalue weighted by Crippen LogP contribution is -2.49. The van der Waals surface area contributed by atoms with E-state index < -0.39 is 39.3 Å². The zero-order chi connectivity index (χ0) is 27.6. The standard InChI is InChI=1S/C25H30F3N3O5S/c1-16-6-4-5-7-20(16)31(37(35,36)19-12-13-21(29-14-19)25(26,27)28)15-17-8-10-18(11-9-17)22(32)30-24(2,3)23(33)34/h8-14,16,20H,4-7,15H2,1-3H3,(H,30,32)(H,33,34). The Labute approximate surface area is 213 Å². The van der Waals surface area contributed by atoms with E-state index in [0.717, 1.165) is 31.5 Å². The van der Waals surface area contributed by atoms with Crippen LogP contribution in [-0.2, 0) is 27.5 Å². The van der Waals surface area contributed by atoms with Crippen LogP contribution in [0.1, 0.15) is 68.1 Å². The van der Waals surface area contributed by atoms with Crippen LogP contribution in [0.5, 0.6) is 0 Å². The molecular weight excluding hydrogens is 511 g/mol. The zero-order valence-corrected chi connectivity index (χ0v) is 21.6. The number of nitrogens with one attached hydrogen (secondary N) is 1. The summed E-state index contributed by atoms with van der Waals surface area (Å²) in [4.78, 5) is 26.7. The molecular formula is C25H30F3N3O5S. The Morgan fingerprint density at radius 3 is 2.22 bits per heavy atom. The first-order valence-corrected chi connectivity index (χ1v) is 13.3. The van der Waals surface area contributed by atoms with E-state index in [-0.39, 0.29) is 29.0 Å². The second-order valence-electron chi connectivity index (χ2n) is 9.84. The van der Waals surface area contributed by atoms with Crippen molar-refractivity contribution in [1.29, 1.82) is 0 Å². The first-order valence-electron chi connectivity index (χ1n) is 11.8. The number of alkyl halides is 3. The number of benzene rings is 1. The minimum Gasteiger partial charge on any atom is -0.480 e. The van der Waals surface area contributed by atoms with Crippen molar-refractivity contribution in [3.63, 3.8) is 0 Å². The van der Waals surface area contributed by atoms with Crippen molar-refractivity contribution >= 4 is 21.9 Å². The topological polar surface area (TPSA) is 117 Å². The van der Waals surface area contributed by atoms with Gasteiger partial charge in [0, 0.05) is 24.3 Å². The number of sulfonamides is 1. The van der Waals surface area contributed by atoms with Gasteiger partial charge in [-0.3, -0.25) is 9.78 Å². The summed E-state index contributed by atoms with van der Waals surface area (Å²) in [6.07, 6.45) is -0.738. The Morgan fingerprint density at radius 1 is 1.08 bits per heavy atom. The van der Waals surface area contributed by atoms with Crippen LogP contribution in [0.3, 0.4) is 0 Å². The molecule has 202 valence electrons. The molecule has 1 aliphatic carbocycles. The van der Waals surface area contributed by atoms with Crippen molar-refractivity contribution in [2.75, 3.05) is 0 Å². The van der Waals surface area contributed by atoms with Gasteiger partial charge in [-0.1, -0.05) is 31.9 Å². The van der Waals surface area contributed by atoms with E-state index in [1.54, 1.807) is 12.1 Å². The summed E-state index contributed by atoms with van der Waals surface area (Å²) in [5.74, 6) is -1.76. The lowest BCUT2D eigenvalue weighted by Gasteiger charge is -2.37. The van der Waals surface area contributed by atoms with Gasteiger partial charge in [0.15, 0.2) is 0 Å². The maximum Gasteiger partial charge on any atom is 0.433 e. The molecule has 0 bridgehead atoms. The molecule has 0 saturated heterocycles. The fourth-order valence-corrected chi connectivity index (χ4v) is 5.98. The Hall–Kier alpha value is -2.99. The molecule has 2 aromatic rings. The number of aliphatic carboxylic acids is 1. The van der Waals surface area contributed by atoms with Gasteiger partial charge in [0.05, 0.1) is 0 Å². The highest BCUT2D eigenvalue weighted by atomic mass is 32.2. The summed E-state index contributed by atoms with van der Waals surface area (Å²) in [6.45, 7) is 4.60. The Morgan fingerprint density at radius 2 is 1.70 bits per heavy atom. The van der Waals surface area contributed by atoms with Gasteiger partial charge in [-0.25, -0.2) is 13.2 Å². The van der Waals surface area contributed by atoms with Crippen molar-refractivity contribution in [2.24, 2.45) is 5.92 Å². The second-order valence-corrected chi connectivity index (χ2v) is 11.7. The summed E-state index contributed by atoms with van der Waals surface area (Å²) < 4.78 is 67.4. The number of rotatable bonds is 8. The Balaban J connectivity index is 1.90. The number of pyridine rings is 1. The monoisotopic (exact) mass is 541 g/mol. The Bertz CT molecular complexity index is 1230. The number of carboxylic acid groups (broad SMARTS) is 1. The van der Waals surface area contributed by atoms with Crippen LogP contribution in [0.4, 0.5) is 13.2 Å². The van der Waals surface area contributed by atoms with Gasteiger partial charge in [-0.05, 0) is 62.4 Å². The lowest BCUT2D eigenvalue weighted by atomic mass is 9.86. The highest BCUT2D eigenvalue weighted by Crippen LogP contribution is 2.34. The van der Waals surface area contributed by atoms with Gasteiger partial charge in [0.1, 0.15) is 16.1 Å². The largest absolute Gasteiger partial charge is 0.480 e. The smallest absolute Gasteiger partial charge is 0.433 e. The number of hydrogen-bond acceptors (Lipinski definition) is 5. The van der Waals surface area contributed by atoms with E-state index in [1.165, 1.54) is 30.3 Å². The molecule has 1 saturated carbocycles. The van der Waals surface area contributed by atoms with Gasteiger partial charge in [-0.15, -0.1) is 0 Å². The number of aromatic nitrogens is 1. The molecule has 1 aromatic heterocycles. The number of hydrogen-bond donors (Lipinski definition) is 2. The van der Waals surface area contributed by atoms with E-state index >= 15 is 0 Å². The molecule has 2 N–H and O–H groups in total. The van der Waals surface area contributed by atoms with Crippen LogP contribution in [0.15, 0.2) is 47.5 Å². The number of carboxylic acids is 1. The molecule has 0 spiro atoms. The molecule has 3 rings (SSSR count). The average molecular weight is 542 g/mol. The first kappa shape index (κ1) is 28.6. The highest BCUT2D eigenvalue weighted by molar-refractivity contribution is 7.89. The van der Waals surface area contributed by atoms with Crippen LogP contribution in [-0.4, -0.2) is 46.3 Å². The minimum atomic E-state index is -4.69. The maximum absolute atomic E-state index is 13.6. The van der Waals surface area contributed by atoms with Crippen molar-refractivity contribution < 1.29 is 36.3 Å². The summed E-state index contributed by atoms with van der Waals surface area (Å²) >= 11 is 0. The van der Waals surface area contributed by atoms with Crippen LogP contribution in [0.2, 0.25) is 0 Å². The molecule has 0 aliphatic heterocycles. The minimum absolute atomic E-state index is 0.0363. The quantitative estimate of drug-likeness (QED) is 0.510. The molecule has 12 heteroatoms. The summed E-state index contributed by atoms with van der Waals surface area (Å²) in [5.41, 5.74) is -1.89. The second kappa shape index (κ2) is 10.8. The summed E-state index contributed by atoms with van der Waals surface area (Å²) in [7, 11) is -4.20. The third kappa shape index (κ3) is 6.67. The SMILES string of the molecule is CC1CCCCC1N(Cc1ccc(C(=O)NC(C)(C)C(=O)O)cc1)S(=O)(=O)c1ccc(C(F)(F)F)nc1. The summed E-state index contributed by atoms with van der Waals surface area (Å²) in [5, 5.41) is 11.6. The predicted octanol–water partition coefficient (Wildman–Crippen LogP) is 4.46. The fourth-order valence-electron chi connectivity index (χ4n) is 4.29. The van der Waals surface area contributed by atoms with E-state index in [2.05, 4.69) is 10.3 Å². The number of carbonyl (C=O) groups is 2. The molecule has 1 amide bonds. The van der Waals surface area contributed by atoms with Crippen molar-refractivity contribution in [3.8, 4) is 0 Å². The van der Waals surface area contributed by atoms with Gasteiger partial charge < -0.3 is 10.4 Å². The van der Waals surface area contributed by atoms with Crippen molar-refractivity contribution in [2.45, 2.75) is 75.7 Å². The highest BCUT2D eigenvalue weighted by Gasteiger charge is 2.38. The van der Waals surface area contributed by atoms with Crippen LogP contribution in [0, 0.1) is 5.92 Å².